The number of benzene rings is 2. The van der Waals surface area contributed by atoms with Crippen LogP contribution in [0.5, 0.6) is 5.75 Å². The van der Waals surface area contributed by atoms with Crippen LogP contribution in [-0.2, 0) is 11.8 Å². The number of amides is 1. The highest BCUT2D eigenvalue weighted by Crippen LogP contribution is 2.33. The summed E-state index contributed by atoms with van der Waals surface area (Å²) in [6.07, 6.45) is -0.356. The smallest absolute Gasteiger partial charge is 0.234 e. The summed E-state index contributed by atoms with van der Waals surface area (Å²) in [7, 11) is 1.82. The topological polar surface area (TPSA) is 69.0 Å². The van der Waals surface area contributed by atoms with Gasteiger partial charge >= 0.3 is 0 Å². The van der Waals surface area contributed by atoms with E-state index >= 15 is 0 Å². The number of thioether (sulfide) groups is 1. The molecule has 0 aliphatic heterocycles. The lowest BCUT2D eigenvalue weighted by Gasteiger charge is -2.16. The maximum Gasteiger partial charge on any atom is 0.234 e. The molecule has 1 unspecified atom stereocenters. The van der Waals surface area contributed by atoms with E-state index in [4.69, 9.17) is 51.1 Å². The van der Waals surface area contributed by atoms with E-state index in [1.807, 2.05) is 40.0 Å². The molecule has 0 spiro atoms. The van der Waals surface area contributed by atoms with Crippen molar-refractivity contribution in [2.45, 2.75) is 32.0 Å². The number of aromatic nitrogens is 3. The Bertz CT molecular complexity index is 1150. The predicted octanol–water partition coefficient (Wildman–Crippen LogP) is 6.92. The average molecular weight is 534 g/mol. The third-order valence-corrected chi connectivity index (χ3v) is 7.22. The van der Waals surface area contributed by atoms with Crippen molar-refractivity contribution in [1.82, 2.24) is 14.8 Å². The summed E-state index contributed by atoms with van der Waals surface area (Å²) < 4.78 is 7.84. The predicted molar refractivity (Wildman–Crippen MR) is 132 cm³/mol. The van der Waals surface area contributed by atoms with E-state index in [1.165, 1.54) is 23.9 Å². The molecule has 1 N–H and O–H groups in total. The van der Waals surface area contributed by atoms with Gasteiger partial charge in [-0.3, -0.25) is 4.79 Å². The quantitative estimate of drug-likeness (QED) is 0.264. The molecule has 0 radical (unpaired) electrons. The van der Waals surface area contributed by atoms with Gasteiger partial charge in [0.05, 0.1) is 26.5 Å². The lowest BCUT2D eigenvalue weighted by Crippen LogP contribution is -2.15. The summed E-state index contributed by atoms with van der Waals surface area (Å²) in [4.78, 5) is 12.4. The number of nitrogens with one attached hydrogen (secondary N) is 1. The minimum atomic E-state index is -0.356. The van der Waals surface area contributed by atoms with Gasteiger partial charge in [-0.1, -0.05) is 58.2 Å². The van der Waals surface area contributed by atoms with Gasteiger partial charge in [0.1, 0.15) is 5.75 Å². The standard InChI is InChI=1S/C21H20Cl4N4O2S/c1-10-5-13(6-11(2)19(10)25)31-12(3)20-27-28-21(29(20)4)32-9-18(30)26-17-8-15(23)14(22)7-16(17)24/h5-8,12H,9H2,1-4H3,(H,26,30). The Kier molecular flexibility index (Phi) is 8.22. The van der Waals surface area contributed by atoms with Crippen LogP contribution in [-0.4, -0.2) is 26.4 Å². The molecule has 2 aromatic carbocycles. The van der Waals surface area contributed by atoms with Crippen LogP contribution >= 0.6 is 58.2 Å². The van der Waals surface area contributed by atoms with Crippen molar-refractivity contribution >= 4 is 69.8 Å². The molecule has 0 saturated heterocycles. The van der Waals surface area contributed by atoms with E-state index in [2.05, 4.69) is 15.5 Å². The van der Waals surface area contributed by atoms with Crippen LogP contribution in [0, 0.1) is 13.8 Å². The largest absolute Gasteiger partial charge is 0.483 e. The molecule has 1 aromatic heterocycles. The van der Waals surface area contributed by atoms with Gasteiger partial charge in [0.25, 0.3) is 0 Å². The number of aryl methyl sites for hydroxylation is 2. The van der Waals surface area contributed by atoms with E-state index in [1.54, 1.807) is 4.57 Å². The molecular weight excluding hydrogens is 514 g/mol. The zero-order chi connectivity index (χ0) is 23.6. The van der Waals surface area contributed by atoms with Gasteiger partial charge in [0.2, 0.25) is 5.91 Å². The van der Waals surface area contributed by atoms with Crippen molar-refractivity contribution in [1.29, 1.82) is 0 Å². The molecule has 3 rings (SSSR count). The molecule has 0 saturated carbocycles. The van der Waals surface area contributed by atoms with Gasteiger partial charge in [0, 0.05) is 12.1 Å². The van der Waals surface area contributed by atoms with Crippen LogP contribution in [0.25, 0.3) is 0 Å². The maximum atomic E-state index is 12.4. The van der Waals surface area contributed by atoms with Crippen LogP contribution in [0.4, 0.5) is 5.69 Å². The average Bonchev–Trinajstić information content (AvgIpc) is 3.09. The van der Waals surface area contributed by atoms with Crippen molar-refractivity contribution in [3.8, 4) is 5.75 Å². The second kappa shape index (κ2) is 10.5. The molecular formula is C21H20Cl4N4O2S. The maximum absolute atomic E-state index is 12.4. The number of anilines is 1. The lowest BCUT2D eigenvalue weighted by molar-refractivity contribution is -0.113. The molecule has 6 nitrogen and oxygen atoms in total. The fourth-order valence-electron chi connectivity index (χ4n) is 2.97. The Morgan fingerprint density at radius 2 is 1.69 bits per heavy atom. The Morgan fingerprint density at radius 3 is 2.34 bits per heavy atom. The monoisotopic (exact) mass is 532 g/mol. The van der Waals surface area contributed by atoms with Gasteiger partial charge in [0.15, 0.2) is 17.1 Å². The third-order valence-electron chi connectivity index (χ3n) is 4.57. The number of hydrogen-bond acceptors (Lipinski definition) is 5. The van der Waals surface area contributed by atoms with Crippen molar-refractivity contribution in [2.24, 2.45) is 7.05 Å². The number of carbonyl (C=O) groups excluding carboxylic acids is 1. The van der Waals surface area contributed by atoms with Crippen molar-refractivity contribution in [3.05, 3.63) is 61.3 Å². The molecule has 1 amide bonds. The summed E-state index contributed by atoms with van der Waals surface area (Å²) in [6, 6.07) is 6.76. The summed E-state index contributed by atoms with van der Waals surface area (Å²) in [5.41, 5.74) is 2.27. The number of hydrogen-bond donors (Lipinski definition) is 1. The Balaban J connectivity index is 1.63. The zero-order valence-electron chi connectivity index (χ0n) is 17.7. The molecule has 1 heterocycles. The fraction of sp³-hybridized carbons (Fsp3) is 0.286. The van der Waals surface area contributed by atoms with Crippen LogP contribution in [0.2, 0.25) is 20.1 Å². The van der Waals surface area contributed by atoms with Crippen LogP contribution in [0.3, 0.4) is 0 Å². The molecule has 170 valence electrons. The SMILES string of the molecule is Cc1cc(OC(C)c2nnc(SCC(=O)Nc3cc(Cl)c(Cl)cc3Cl)n2C)cc(C)c1Cl. The van der Waals surface area contributed by atoms with E-state index in [0.29, 0.717) is 37.5 Å². The molecule has 0 aliphatic carbocycles. The molecule has 1 atom stereocenters. The van der Waals surface area contributed by atoms with Crippen LogP contribution in [0.1, 0.15) is 30.0 Å². The fourth-order valence-corrected chi connectivity index (χ4v) is 4.39. The number of rotatable bonds is 7. The first kappa shape index (κ1) is 25.0. The van der Waals surface area contributed by atoms with Gasteiger partial charge in [-0.2, -0.15) is 0 Å². The molecule has 11 heteroatoms. The molecule has 32 heavy (non-hydrogen) atoms. The second-order valence-corrected chi connectivity index (χ2v) is 9.66. The van der Waals surface area contributed by atoms with Gasteiger partial charge < -0.3 is 14.6 Å². The Morgan fingerprint density at radius 1 is 1.06 bits per heavy atom. The van der Waals surface area contributed by atoms with Crippen LogP contribution < -0.4 is 10.1 Å². The minimum Gasteiger partial charge on any atom is -0.483 e. The number of nitrogens with zero attached hydrogens (tertiary/aromatic N) is 3. The van der Waals surface area contributed by atoms with Gasteiger partial charge in [-0.05, 0) is 56.2 Å². The van der Waals surface area contributed by atoms with Crippen molar-refractivity contribution < 1.29 is 9.53 Å². The first-order valence-corrected chi connectivity index (χ1v) is 12.0. The molecule has 0 fully saturated rings. The highest BCUT2D eigenvalue weighted by Gasteiger charge is 2.19. The summed E-state index contributed by atoms with van der Waals surface area (Å²) in [5.74, 6) is 1.17. The van der Waals surface area contributed by atoms with E-state index in [9.17, 15) is 4.79 Å². The van der Waals surface area contributed by atoms with E-state index in [-0.39, 0.29) is 17.8 Å². The minimum absolute atomic E-state index is 0.105. The summed E-state index contributed by atoms with van der Waals surface area (Å²) in [6.45, 7) is 5.75. The number of halogens is 4. The summed E-state index contributed by atoms with van der Waals surface area (Å²) >= 11 is 25.5. The molecule has 0 aliphatic rings. The number of ether oxygens (including phenoxy) is 1. The van der Waals surface area contributed by atoms with Crippen molar-refractivity contribution in [3.63, 3.8) is 0 Å². The molecule has 0 bridgehead atoms. The van der Waals surface area contributed by atoms with Gasteiger partial charge in [-0.15, -0.1) is 10.2 Å². The van der Waals surface area contributed by atoms with Gasteiger partial charge in [-0.25, -0.2) is 0 Å². The highest BCUT2D eigenvalue weighted by molar-refractivity contribution is 7.99. The van der Waals surface area contributed by atoms with Crippen LogP contribution in [0.15, 0.2) is 29.4 Å². The first-order valence-electron chi connectivity index (χ1n) is 9.46. The highest BCUT2D eigenvalue weighted by atomic mass is 35.5. The zero-order valence-corrected chi connectivity index (χ0v) is 21.5. The van der Waals surface area contributed by atoms with E-state index in [0.717, 1.165) is 16.1 Å². The third kappa shape index (κ3) is 5.83. The van der Waals surface area contributed by atoms with E-state index < -0.39 is 0 Å². The normalized spacial score (nSPS) is 12.0. The molecule has 3 aromatic rings. The number of carbonyl (C=O) groups is 1. The Labute approximate surface area is 210 Å². The summed E-state index contributed by atoms with van der Waals surface area (Å²) in [5, 5.41) is 13.3. The van der Waals surface area contributed by atoms with Crippen molar-refractivity contribution in [2.75, 3.05) is 11.1 Å². The second-order valence-electron chi connectivity index (χ2n) is 7.11. The lowest BCUT2D eigenvalue weighted by atomic mass is 10.1. The Hall–Kier alpha value is -1.64. The first-order chi connectivity index (χ1) is 15.1.